The fraction of sp³-hybridized carbons (Fsp3) is 0. The van der Waals surface area contributed by atoms with Gasteiger partial charge in [0.25, 0.3) is 0 Å². The summed E-state index contributed by atoms with van der Waals surface area (Å²) in [5.41, 5.74) is 0. The van der Waals surface area contributed by atoms with Crippen LogP contribution in [-0.4, -0.2) is 14.7 Å². The Kier molecular flexibility index (Phi) is 26.1. The van der Waals surface area contributed by atoms with Gasteiger partial charge in [0.2, 0.25) is 0 Å². The molecule has 0 bridgehead atoms. The Morgan fingerprint density at radius 1 is 1.25 bits per heavy atom. The minimum Gasteiger partial charge on any atom is -1.00 e. The number of rotatable bonds is 0. The zero-order valence-electron chi connectivity index (χ0n) is 5.31. The quantitative estimate of drug-likeness (QED) is 0.292. The van der Waals surface area contributed by atoms with E-state index in [1.807, 2.05) is 0 Å². The van der Waals surface area contributed by atoms with Gasteiger partial charge in [0, 0.05) is 19.5 Å². The van der Waals surface area contributed by atoms with Gasteiger partial charge in [0.05, 0.1) is 0 Å². The van der Waals surface area contributed by atoms with Gasteiger partial charge in [-0.2, -0.15) is 0 Å². The smallest absolute Gasteiger partial charge is 1.00 e. The Balaban J connectivity index is -0.0000000133. The van der Waals surface area contributed by atoms with Gasteiger partial charge in [-0.3, -0.25) is 4.70 Å². The second kappa shape index (κ2) is 9.30. The maximum atomic E-state index is 8.88. The van der Waals surface area contributed by atoms with Gasteiger partial charge >= 0.3 is 59.2 Å². The van der Waals surface area contributed by atoms with E-state index in [1.165, 1.54) is 0 Å². The maximum absolute atomic E-state index is 8.88. The van der Waals surface area contributed by atoms with Crippen molar-refractivity contribution in [3.8, 4) is 0 Å². The van der Waals surface area contributed by atoms with E-state index in [4.69, 9.17) is 19.2 Å². The van der Waals surface area contributed by atoms with Crippen LogP contribution >= 0.6 is 7.82 Å². The van der Waals surface area contributed by atoms with Crippen molar-refractivity contribution in [2.75, 3.05) is 0 Å². The summed E-state index contributed by atoms with van der Waals surface area (Å²) in [7, 11) is -4.64. The third kappa shape index (κ3) is 83.6. The van der Waals surface area contributed by atoms with Gasteiger partial charge in [-0.25, -0.2) is 4.57 Å². The molecule has 3 N–H and O–H groups in total. The molecule has 44 valence electrons. The van der Waals surface area contributed by atoms with Crippen molar-refractivity contribution in [2.45, 2.75) is 0 Å². The third-order valence-corrected chi connectivity index (χ3v) is 0. The Labute approximate surface area is 102 Å². The molecule has 0 aliphatic heterocycles. The fourth-order valence-corrected chi connectivity index (χ4v) is 0. The van der Waals surface area contributed by atoms with Crippen molar-refractivity contribution in [3.63, 3.8) is 0 Å². The first-order valence-electron chi connectivity index (χ1n) is 0.783. The molecule has 0 heterocycles. The van der Waals surface area contributed by atoms with Crippen LogP contribution in [0.15, 0.2) is 0 Å². The third-order valence-electron chi connectivity index (χ3n) is 0. The first-order chi connectivity index (χ1) is 2.00. The second-order valence-electron chi connectivity index (χ2n) is 0.513. The molecule has 0 amide bonds. The maximum Gasteiger partial charge on any atom is 1.00 e. The van der Waals surface area contributed by atoms with Crippen LogP contribution in [-0.2, 0) is 24.0 Å². The molecular formula is H5FKO4PZn. The van der Waals surface area contributed by atoms with Crippen molar-refractivity contribution in [3.05, 3.63) is 0 Å². The zero-order chi connectivity index (χ0) is 4.50. The Bertz CT molecular complexity index is 66.7. The van der Waals surface area contributed by atoms with E-state index in [2.05, 4.69) is 0 Å². The van der Waals surface area contributed by atoms with Crippen LogP contribution in [0.2, 0.25) is 0 Å². The SMILES string of the molecule is F.O=P(O)(O)O.[H-].[K+].[Zn]. The van der Waals surface area contributed by atoms with Crippen molar-refractivity contribution < 1.29 is 96.2 Å². The molecule has 8 heteroatoms. The van der Waals surface area contributed by atoms with E-state index >= 15 is 0 Å². The van der Waals surface area contributed by atoms with Crippen LogP contribution in [0.4, 0.5) is 4.70 Å². The van der Waals surface area contributed by atoms with Crippen LogP contribution in [0.25, 0.3) is 0 Å². The Hall–Kier alpha value is 2.30. The molecule has 0 spiro atoms. The number of hydrogen-bond acceptors (Lipinski definition) is 1. The number of hydrogen-bond donors (Lipinski definition) is 3. The molecule has 8 heavy (non-hydrogen) atoms. The molecule has 0 rings (SSSR count). The van der Waals surface area contributed by atoms with Gasteiger partial charge in [0.1, 0.15) is 0 Å². The topological polar surface area (TPSA) is 77.8 Å². The van der Waals surface area contributed by atoms with E-state index in [-0.39, 0.29) is 77.0 Å². The molecule has 0 saturated heterocycles. The zero-order valence-corrected chi connectivity index (χ0v) is 11.3. The van der Waals surface area contributed by atoms with Crippen LogP contribution in [0.1, 0.15) is 1.43 Å². The first-order valence-corrected chi connectivity index (χ1v) is 2.35. The molecule has 0 atom stereocenters. The molecule has 0 aromatic heterocycles. The van der Waals surface area contributed by atoms with Gasteiger partial charge < -0.3 is 16.1 Å². The monoisotopic (exact) mass is 222 g/mol. The summed E-state index contributed by atoms with van der Waals surface area (Å²) in [5.74, 6) is 0. The summed E-state index contributed by atoms with van der Waals surface area (Å²) in [6.45, 7) is 0. The largest absolute Gasteiger partial charge is 1.00 e. The molecule has 4 nitrogen and oxygen atoms in total. The standard InChI is InChI=1S/FH.K.H3O4P.Zn.H/c;;1-5(2,3)4;;/h1H;;(H3,1,2,3,4);;/q;+1;;;-1. The number of halogens is 1. The van der Waals surface area contributed by atoms with E-state index in [0.29, 0.717) is 0 Å². The number of phosphoric acid groups is 1. The minimum absolute atomic E-state index is 0. The summed E-state index contributed by atoms with van der Waals surface area (Å²) < 4.78 is 8.88. The molecule has 0 unspecified atom stereocenters. The van der Waals surface area contributed by atoms with E-state index in [9.17, 15) is 0 Å². The molecule has 0 aliphatic carbocycles. The predicted molar refractivity (Wildman–Crippen MR) is 17.9 cm³/mol. The van der Waals surface area contributed by atoms with Crippen molar-refractivity contribution in [1.82, 2.24) is 0 Å². The minimum atomic E-state index is -4.64. The molecular weight excluding hydrogens is 218 g/mol. The van der Waals surface area contributed by atoms with Gasteiger partial charge in [-0.15, -0.1) is 0 Å². The summed E-state index contributed by atoms with van der Waals surface area (Å²) in [6.07, 6.45) is 0. The average Bonchev–Trinajstić information content (AvgIpc) is 0.722. The van der Waals surface area contributed by atoms with E-state index in [0.717, 1.165) is 0 Å². The van der Waals surface area contributed by atoms with Crippen LogP contribution in [0.5, 0.6) is 0 Å². The summed E-state index contributed by atoms with van der Waals surface area (Å²) in [4.78, 5) is 21.6. The van der Waals surface area contributed by atoms with Gasteiger partial charge in [-0.1, -0.05) is 0 Å². The van der Waals surface area contributed by atoms with E-state index < -0.39 is 7.82 Å². The molecule has 0 radical (unpaired) electrons. The normalized spacial score (nSPS) is 7.38. The molecule has 0 saturated carbocycles. The molecule has 0 aliphatic rings. The molecule has 0 aromatic rings. The van der Waals surface area contributed by atoms with Crippen LogP contribution in [0, 0.1) is 0 Å². The average molecular weight is 223 g/mol. The van der Waals surface area contributed by atoms with Crippen LogP contribution < -0.4 is 51.4 Å². The first kappa shape index (κ1) is 22.4. The van der Waals surface area contributed by atoms with Gasteiger partial charge in [-0.05, 0) is 0 Å². The molecule has 0 fully saturated rings. The summed E-state index contributed by atoms with van der Waals surface area (Å²) in [6, 6.07) is 0. The Morgan fingerprint density at radius 3 is 1.25 bits per heavy atom. The van der Waals surface area contributed by atoms with Crippen molar-refractivity contribution in [1.29, 1.82) is 0 Å². The summed E-state index contributed by atoms with van der Waals surface area (Å²) >= 11 is 0. The summed E-state index contributed by atoms with van der Waals surface area (Å²) in [5, 5.41) is 0. The predicted octanol–water partition coefficient (Wildman–Crippen LogP) is -3.66. The molecule has 0 aromatic carbocycles. The van der Waals surface area contributed by atoms with Crippen molar-refractivity contribution >= 4 is 7.82 Å². The van der Waals surface area contributed by atoms with Gasteiger partial charge in [0.15, 0.2) is 0 Å². The second-order valence-corrected chi connectivity index (χ2v) is 1.54. The Morgan fingerprint density at radius 2 is 1.25 bits per heavy atom. The fourth-order valence-electron chi connectivity index (χ4n) is 0. The van der Waals surface area contributed by atoms with E-state index in [1.54, 1.807) is 0 Å². The van der Waals surface area contributed by atoms with Crippen molar-refractivity contribution in [2.24, 2.45) is 0 Å². The van der Waals surface area contributed by atoms with Crippen LogP contribution in [0.3, 0.4) is 0 Å².